The second-order valence-corrected chi connectivity index (χ2v) is 5.94. The highest BCUT2D eigenvalue weighted by molar-refractivity contribution is 5.30. The fraction of sp³-hybridized carbons (Fsp3) is 0.647. The molecule has 1 aromatic rings. The van der Waals surface area contributed by atoms with Crippen molar-refractivity contribution in [3.05, 3.63) is 29.8 Å². The Morgan fingerprint density at radius 3 is 2.47 bits per heavy atom. The maximum absolute atomic E-state index is 5.71. The fourth-order valence-electron chi connectivity index (χ4n) is 3.25. The topological polar surface area (TPSA) is 21.3 Å². The Labute approximate surface area is 117 Å². The van der Waals surface area contributed by atoms with E-state index in [9.17, 15) is 0 Å². The zero-order valence-electron chi connectivity index (χ0n) is 12.6. The number of hydrogen-bond donors (Lipinski definition) is 1. The van der Waals surface area contributed by atoms with Crippen molar-refractivity contribution >= 4 is 0 Å². The predicted molar refractivity (Wildman–Crippen MR) is 80.8 cm³/mol. The summed E-state index contributed by atoms with van der Waals surface area (Å²) in [6.07, 6.45) is 2.84. The summed E-state index contributed by atoms with van der Waals surface area (Å²) in [7, 11) is 0. The SMILES string of the molecule is CCNC1CCC(c2ccc(OC(C)C)cc2)C1C. The third kappa shape index (κ3) is 3.50. The summed E-state index contributed by atoms with van der Waals surface area (Å²) in [6.45, 7) is 9.77. The van der Waals surface area contributed by atoms with E-state index in [4.69, 9.17) is 4.74 Å². The van der Waals surface area contributed by atoms with Crippen molar-refractivity contribution in [3.63, 3.8) is 0 Å². The van der Waals surface area contributed by atoms with Crippen LogP contribution in [0.2, 0.25) is 0 Å². The second-order valence-electron chi connectivity index (χ2n) is 5.94. The maximum atomic E-state index is 5.71. The van der Waals surface area contributed by atoms with Gasteiger partial charge in [-0.2, -0.15) is 0 Å². The molecule has 1 fully saturated rings. The van der Waals surface area contributed by atoms with Gasteiger partial charge in [-0.25, -0.2) is 0 Å². The zero-order chi connectivity index (χ0) is 13.8. The molecule has 0 spiro atoms. The zero-order valence-corrected chi connectivity index (χ0v) is 12.6. The predicted octanol–water partition coefficient (Wildman–Crippen LogP) is 3.97. The lowest BCUT2D eigenvalue weighted by Gasteiger charge is -2.22. The Morgan fingerprint density at radius 1 is 1.21 bits per heavy atom. The van der Waals surface area contributed by atoms with Crippen LogP contribution in [0.3, 0.4) is 0 Å². The minimum Gasteiger partial charge on any atom is -0.491 e. The molecule has 1 aliphatic carbocycles. The van der Waals surface area contributed by atoms with Gasteiger partial charge in [0.25, 0.3) is 0 Å². The van der Waals surface area contributed by atoms with Crippen LogP contribution < -0.4 is 10.1 Å². The standard InChI is InChI=1S/C17H27NO/c1-5-18-17-11-10-16(13(17)4)14-6-8-15(9-7-14)19-12(2)3/h6-9,12-13,16-18H,5,10-11H2,1-4H3. The maximum Gasteiger partial charge on any atom is 0.119 e. The Bertz CT molecular complexity index is 385. The third-order valence-corrected chi connectivity index (χ3v) is 4.20. The third-order valence-electron chi connectivity index (χ3n) is 4.20. The lowest BCUT2D eigenvalue weighted by Crippen LogP contribution is -2.32. The highest BCUT2D eigenvalue weighted by Crippen LogP contribution is 2.39. The Morgan fingerprint density at radius 2 is 1.89 bits per heavy atom. The Hall–Kier alpha value is -1.02. The van der Waals surface area contributed by atoms with E-state index in [1.54, 1.807) is 0 Å². The first-order chi connectivity index (χ1) is 9.11. The minimum atomic E-state index is 0.245. The molecule has 0 aliphatic heterocycles. The molecule has 1 N–H and O–H groups in total. The number of rotatable bonds is 5. The number of benzene rings is 1. The van der Waals surface area contributed by atoms with E-state index < -0.39 is 0 Å². The molecule has 1 saturated carbocycles. The Balaban J connectivity index is 2.02. The summed E-state index contributed by atoms with van der Waals surface area (Å²) in [4.78, 5) is 0. The van der Waals surface area contributed by atoms with Crippen LogP contribution >= 0.6 is 0 Å². The first-order valence-electron chi connectivity index (χ1n) is 7.61. The number of hydrogen-bond acceptors (Lipinski definition) is 2. The highest BCUT2D eigenvalue weighted by atomic mass is 16.5. The molecule has 0 saturated heterocycles. The van der Waals surface area contributed by atoms with Crippen molar-refractivity contribution in [2.75, 3.05) is 6.54 Å². The highest BCUT2D eigenvalue weighted by Gasteiger charge is 2.32. The molecule has 0 amide bonds. The molecule has 0 aromatic heterocycles. The first kappa shape index (κ1) is 14.4. The van der Waals surface area contributed by atoms with Gasteiger partial charge in [-0.15, -0.1) is 0 Å². The van der Waals surface area contributed by atoms with Gasteiger partial charge in [0, 0.05) is 6.04 Å². The molecule has 106 valence electrons. The van der Waals surface area contributed by atoms with E-state index in [-0.39, 0.29) is 6.10 Å². The molecule has 2 rings (SSSR count). The van der Waals surface area contributed by atoms with Crippen LogP contribution in [-0.2, 0) is 0 Å². The van der Waals surface area contributed by atoms with Gasteiger partial charge in [-0.1, -0.05) is 26.0 Å². The van der Waals surface area contributed by atoms with Gasteiger partial charge in [0.1, 0.15) is 5.75 Å². The quantitative estimate of drug-likeness (QED) is 0.866. The largest absolute Gasteiger partial charge is 0.491 e. The molecule has 0 bridgehead atoms. The molecule has 2 nitrogen and oxygen atoms in total. The van der Waals surface area contributed by atoms with E-state index in [2.05, 4.69) is 57.3 Å². The molecule has 2 heteroatoms. The van der Waals surface area contributed by atoms with Crippen LogP contribution in [0.15, 0.2) is 24.3 Å². The molecular formula is C17H27NO. The molecular weight excluding hydrogens is 234 g/mol. The monoisotopic (exact) mass is 261 g/mol. The average molecular weight is 261 g/mol. The van der Waals surface area contributed by atoms with Gasteiger partial charge in [-0.05, 0) is 62.8 Å². The molecule has 0 radical (unpaired) electrons. The van der Waals surface area contributed by atoms with Crippen LogP contribution in [0.4, 0.5) is 0 Å². The summed E-state index contributed by atoms with van der Waals surface area (Å²) >= 11 is 0. The van der Waals surface area contributed by atoms with Crippen LogP contribution in [0.5, 0.6) is 5.75 Å². The van der Waals surface area contributed by atoms with Crippen LogP contribution in [-0.4, -0.2) is 18.7 Å². The van der Waals surface area contributed by atoms with E-state index in [1.807, 2.05) is 0 Å². The Kier molecular flexibility index (Phi) is 4.87. The average Bonchev–Trinajstić information content (AvgIpc) is 2.72. The van der Waals surface area contributed by atoms with Gasteiger partial charge in [-0.3, -0.25) is 0 Å². The lowest BCUT2D eigenvalue weighted by atomic mass is 9.89. The minimum absolute atomic E-state index is 0.245. The van der Waals surface area contributed by atoms with Gasteiger partial charge in [0.2, 0.25) is 0 Å². The van der Waals surface area contributed by atoms with Crippen molar-refractivity contribution in [2.24, 2.45) is 5.92 Å². The molecule has 0 heterocycles. The van der Waals surface area contributed by atoms with E-state index in [0.717, 1.165) is 18.2 Å². The van der Waals surface area contributed by atoms with E-state index >= 15 is 0 Å². The van der Waals surface area contributed by atoms with Gasteiger partial charge < -0.3 is 10.1 Å². The number of ether oxygens (including phenoxy) is 1. The molecule has 19 heavy (non-hydrogen) atoms. The van der Waals surface area contributed by atoms with E-state index in [0.29, 0.717) is 12.0 Å². The normalized spacial score (nSPS) is 26.9. The molecule has 1 aliphatic rings. The second kappa shape index (κ2) is 6.42. The molecule has 3 unspecified atom stereocenters. The van der Waals surface area contributed by atoms with Gasteiger partial charge in [0.05, 0.1) is 6.10 Å². The van der Waals surface area contributed by atoms with Crippen molar-refractivity contribution < 1.29 is 4.74 Å². The summed E-state index contributed by atoms with van der Waals surface area (Å²) in [5.74, 6) is 2.39. The van der Waals surface area contributed by atoms with Crippen LogP contribution in [0.1, 0.15) is 52.0 Å². The van der Waals surface area contributed by atoms with Crippen molar-refractivity contribution in [3.8, 4) is 5.75 Å². The van der Waals surface area contributed by atoms with Gasteiger partial charge >= 0.3 is 0 Å². The van der Waals surface area contributed by atoms with E-state index in [1.165, 1.54) is 18.4 Å². The van der Waals surface area contributed by atoms with Crippen molar-refractivity contribution in [1.29, 1.82) is 0 Å². The van der Waals surface area contributed by atoms with Crippen molar-refractivity contribution in [1.82, 2.24) is 5.32 Å². The summed E-state index contributed by atoms with van der Waals surface area (Å²) in [5, 5.41) is 3.61. The fourth-order valence-corrected chi connectivity index (χ4v) is 3.25. The molecule has 3 atom stereocenters. The first-order valence-corrected chi connectivity index (χ1v) is 7.61. The lowest BCUT2D eigenvalue weighted by molar-refractivity contribution is 0.242. The van der Waals surface area contributed by atoms with Crippen LogP contribution in [0, 0.1) is 5.92 Å². The summed E-state index contributed by atoms with van der Waals surface area (Å²) in [5.41, 5.74) is 1.46. The van der Waals surface area contributed by atoms with Gasteiger partial charge in [0.15, 0.2) is 0 Å². The van der Waals surface area contributed by atoms with Crippen molar-refractivity contribution in [2.45, 2.75) is 58.6 Å². The molecule has 1 aromatic carbocycles. The summed E-state index contributed by atoms with van der Waals surface area (Å²) in [6, 6.07) is 9.40. The summed E-state index contributed by atoms with van der Waals surface area (Å²) < 4.78 is 5.71. The smallest absolute Gasteiger partial charge is 0.119 e. The number of nitrogens with one attached hydrogen (secondary N) is 1. The van der Waals surface area contributed by atoms with Crippen LogP contribution in [0.25, 0.3) is 0 Å².